The molecule has 4 nitrogen and oxygen atoms in total. The fourth-order valence-corrected chi connectivity index (χ4v) is 1.29. The molecule has 0 aliphatic rings. The van der Waals surface area contributed by atoms with Crippen LogP contribution in [0, 0.1) is 6.92 Å². The maximum Gasteiger partial charge on any atom is 0.266 e. The Hall–Kier alpha value is -2.10. The Kier molecular flexibility index (Phi) is 4.94. The summed E-state index contributed by atoms with van der Waals surface area (Å²) in [5, 5.41) is 2.44. The normalized spacial score (nSPS) is 11.8. The molecule has 3 N–H and O–H groups in total. The number of amides is 1. The van der Waals surface area contributed by atoms with E-state index < -0.39 is 0 Å². The lowest BCUT2D eigenvalue weighted by Gasteiger charge is -2.00. The molecule has 0 heterocycles. The Morgan fingerprint density at radius 1 is 1.47 bits per heavy atom. The molecule has 0 unspecified atom stereocenters. The van der Waals surface area contributed by atoms with Gasteiger partial charge in [-0.3, -0.25) is 9.79 Å². The first kappa shape index (κ1) is 13.0. The predicted molar refractivity (Wildman–Crippen MR) is 69.7 cm³/mol. The summed E-state index contributed by atoms with van der Waals surface area (Å²) in [7, 11) is 1.54. The molecule has 0 saturated carbocycles. The van der Waals surface area contributed by atoms with Crippen molar-refractivity contribution in [1.82, 2.24) is 5.32 Å². The lowest BCUT2D eigenvalue weighted by Crippen LogP contribution is -2.24. The number of aliphatic imine (C=N–C) groups is 1. The molecule has 4 heteroatoms. The summed E-state index contributed by atoms with van der Waals surface area (Å²) >= 11 is 0. The van der Waals surface area contributed by atoms with Crippen molar-refractivity contribution >= 4 is 12.1 Å². The van der Waals surface area contributed by atoms with Crippen molar-refractivity contribution in [3.8, 4) is 0 Å². The van der Waals surface area contributed by atoms with E-state index in [0.717, 1.165) is 5.56 Å². The maximum absolute atomic E-state index is 11.1. The van der Waals surface area contributed by atoms with Gasteiger partial charge in [-0.25, -0.2) is 0 Å². The molecule has 0 aromatic heterocycles. The minimum absolute atomic E-state index is 0.154. The molecule has 17 heavy (non-hydrogen) atoms. The van der Waals surface area contributed by atoms with E-state index >= 15 is 0 Å². The number of rotatable bonds is 4. The summed E-state index contributed by atoms with van der Waals surface area (Å²) in [5.41, 5.74) is 8.01. The third kappa shape index (κ3) is 4.10. The molecule has 0 radical (unpaired) electrons. The summed E-state index contributed by atoms with van der Waals surface area (Å²) in [5.74, 6) is -0.299. The average Bonchev–Trinajstić information content (AvgIpc) is 2.35. The van der Waals surface area contributed by atoms with Crippen molar-refractivity contribution in [2.75, 3.05) is 7.05 Å². The molecule has 0 aliphatic carbocycles. The van der Waals surface area contributed by atoms with E-state index in [1.54, 1.807) is 6.21 Å². The van der Waals surface area contributed by atoms with Gasteiger partial charge in [0.25, 0.3) is 5.91 Å². The van der Waals surface area contributed by atoms with Gasteiger partial charge in [0.05, 0.1) is 12.2 Å². The van der Waals surface area contributed by atoms with Gasteiger partial charge in [0.15, 0.2) is 0 Å². The van der Waals surface area contributed by atoms with Crippen LogP contribution in [-0.2, 0) is 11.3 Å². The maximum atomic E-state index is 11.1. The molecule has 90 valence electrons. The topological polar surface area (TPSA) is 67.5 Å². The van der Waals surface area contributed by atoms with E-state index in [2.05, 4.69) is 10.3 Å². The SMILES string of the molecule is CNC(=O)C(N)=CC=NCc1ccccc1C. The largest absolute Gasteiger partial charge is 0.394 e. The van der Waals surface area contributed by atoms with Gasteiger partial charge in [-0.1, -0.05) is 24.3 Å². The number of allylic oxidation sites excluding steroid dienone is 1. The molecular weight excluding hydrogens is 214 g/mol. The zero-order valence-corrected chi connectivity index (χ0v) is 10.1. The van der Waals surface area contributed by atoms with Crippen LogP contribution in [-0.4, -0.2) is 19.2 Å². The zero-order chi connectivity index (χ0) is 12.7. The highest BCUT2D eigenvalue weighted by Crippen LogP contribution is 2.07. The van der Waals surface area contributed by atoms with Crippen LogP contribution >= 0.6 is 0 Å². The number of hydrogen-bond acceptors (Lipinski definition) is 3. The predicted octanol–water partition coefficient (Wildman–Crippen LogP) is 1.15. The van der Waals surface area contributed by atoms with Crippen molar-refractivity contribution in [2.45, 2.75) is 13.5 Å². The zero-order valence-electron chi connectivity index (χ0n) is 10.1. The van der Waals surface area contributed by atoms with Crippen LogP contribution in [0.3, 0.4) is 0 Å². The van der Waals surface area contributed by atoms with Crippen LogP contribution in [0.2, 0.25) is 0 Å². The van der Waals surface area contributed by atoms with Crippen LogP contribution in [0.25, 0.3) is 0 Å². The van der Waals surface area contributed by atoms with Crippen LogP contribution in [0.4, 0.5) is 0 Å². The highest BCUT2D eigenvalue weighted by Gasteiger charge is 1.98. The van der Waals surface area contributed by atoms with Crippen molar-refractivity contribution in [3.05, 3.63) is 47.2 Å². The highest BCUT2D eigenvalue weighted by atomic mass is 16.1. The molecule has 0 saturated heterocycles. The summed E-state index contributed by atoms with van der Waals surface area (Å²) in [6.07, 6.45) is 3.05. The second-order valence-electron chi connectivity index (χ2n) is 3.62. The van der Waals surface area contributed by atoms with Crippen LogP contribution in [0.15, 0.2) is 41.0 Å². The van der Waals surface area contributed by atoms with Crippen LogP contribution in [0.1, 0.15) is 11.1 Å². The Bertz CT molecular complexity index is 450. The van der Waals surface area contributed by atoms with E-state index in [-0.39, 0.29) is 11.6 Å². The lowest BCUT2D eigenvalue weighted by molar-refractivity contribution is -0.117. The number of carbonyl (C=O) groups is 1. The first-order valence-electron chi connectivity index (χ1n) is 5.37. The molecule has 0 aliphatic heterocycles. The average molecular weight is 231 g/mol. The van der Waals surface area contributed by atoms with E-state index in [4.69, 9.17) is 5.73 Å². The van der Waals surface area contributed by atoms with E-state index in [0.29, 0.717) is 6.54 Å². The quantitative estimate of drug-likeness (QED) is 0.603. The Morgan fingerprint density at radius 2 is 2.18 bits per heavy atom. The third-order valence-corrected chi connectivity index (χ3v) is 2.37. The highest BCUT2D eigenvalue weighted by molar-refractivity contribution is 5.96. The summed E-state index contributed by atoms with van der Waals surface area (Å²) in [6.45, 7) is 2.63. The number of nitrogens with zero attached hydrogens (tertiary/aromatic N) is 1. The fourth-order valence-electron chi connectivity index (χ4n) is 1.29. The molecule has 0 fully saturated rings. The summed E-state index contributed by atoms with van der Waals surface area (Å²) in [4.78, 5) is 15.3. The van der Waals surface area contributed by atoms with Gasteiger partial charge in [0.2, 0.25) is 0 Å². The van der Waals surface area contributed by atoms with Gasteiger partial charge in [-0.15, -0.1) is 0 Å². The van der Waals surface area contributed by atoms with Crippen LogP contribution < -0.4 is 11.1 Å². The summed E-state index contributed by atoms with van der Waals surface area (Å²) < 4.78 is 0. The minimum atomic E-state index is -0.299. The monoisotopic (exact) mass is 231 g/mol. The van der Waals surface area contributed by atoms with Gasteiger partial charge in [0.1, 0.15) is 0 Å². The fraction of sp³-hybridized carbons (Fsp3) is 0.231. The molecular formula is C13H17N3O. The first-order valence-corrected chi connectivity index (χ1v) is 5.37. The second kappa shape index (κ2) is 6.48. The second-order valence-corrected chi connectivity index (χ2v) is 3.62. The van der Waals surface area contributed by atoms with Crippen molar-refractivity contribution in [3.63, 3.8) is 0 Å². The standard InChI is InChI=1S/C13H17N3O/c1-10-5-3-4-6-11(10)9-16-8-7-12(14)13(17)15-2/h3-8H,9,14H2,1-2H3,(H,15,17). The third-order valence-electron chi connectivity index (χ3n) is 2.37. The van der Waals surface area contributed by atoms with Crippen molar-refractivity contribution < 1.29 is 4.79 Å². The smallest absolute Gasteiger partial charge is 0.266 e. The van der Waals surface area contributed by atoms with Gasteiger partial charge in [0, 0.05) is 13.3 Å². The summed E-state index contributed by atoms with van der Waals surface area (Å²) in [6, 6.07) is 8.04. The molecule has 0 bridgehead atoms. The molecule has 1 aromatic rings. The van der Waals surface area contributed by atoms with Crippen molar-refractivity contribution in [2.24, 2.45) is 10.7 Å². The Balaban J connectivity index is 2.57. The van der Waals surface area contributed by atoms with Gasteiger partial charge in [-0.05, 0) is 24.1 Å². The first-order chi connectivity index (χ1) is 8.15. The van der Waals surface area contributed by atoms with Crippen LogP contribution in [0.5, 0.6) is 0 Å². The number of nitrogens with two attached hydrogens (primary N) is 1. The molecule has 0 atom stereocenters. The molecule has 1 amide bonds. The number of carbonyl (C=O) groups excluding carboxylic acids is 1. The molecule has 1 aromatic carbocycles. The van der Waals surface area contributed by atoms with Gasteiger partial charge >= 0.3 is 0 Å². The number of nitrogens with one attached hydrogen (secondary N) is 1. The van der Waals surface area contributed by atoms with Crippen molar-refractivity contribution in [1.29, 1.82) is 0 Å². The number of hydrogen-bond donors (Lipinski definition) is 2. The van der Waals surface area contributed by atoms with E-state index in [1.807, 2.05) is 31.2 Å². The Labute approximate surface area is 101 Å². The lowest BCUT2D eigenvalue weighted by atomic mass is 10.1. The van der Waals surface area contributed by atoms with E-state index in [1.165, 1.54) is 18.7 Å². The molecule has 1 rings (SSSR count). The number of aryl methyl sites for hydroxylation is 1. The number of benzene rings is 1. The Morgan fingerprint density at radius 3 is 2.82 bits per heavy atom. The minimum Gasteiger partial charge on any atom is -0.394 e. The van der Waals surface area contributed by atoms with Gasteiger partial charge < -0.3 is 11.1 Å². The molecule has 0 spiro atoms. The van der Waals surface area contributed by atoms with E-state index in [9.17, 15) is 4.79 Å². The van der Waals surface area contributed by atoms with Gasteiger partial charge in [-0.2, -0.15) is 0 Å². The number of likely N-dealkylation sites (N-methyl/N-ethyl adjacent to an activating group) is 1.